The lowest BCUT2D eigenvalue weighted by molar-refractivity contribution is 0.0696. The number of ether oxygens (including phenoxy) is 1. The first kappa shape index (κ1) is 21.9. The summed E-state index contributed by atoms with van der Waals surface area (Å²) in [6, 6.07) is 14.5. The minimum Gasteiger partial charge on any atom is -0.487 e. The number of nitrogens with one attached hydrogen (secondary N) is 1. The van der Waals surface area contributed by atoms with Gasteiger partial charge in [-0.15, -0.1) is 0 Å². The largest absolute Gasteiger partial charge is 0.487 e. The average Bonchev–Trinajstić information content (AvgIpc) is 3.57. The summed E-state index contributed by atoms with van der Waals surface area (Å²) in [7, 11) is 0. The maximum atomic E-state index is 13.4. The van der Waals surface area contributed by atoms with Gasteiger partial charge in [-0.05, 0) is 61.2 Å². The second-order valence-corrected chi connectivity index (χ2v) is 8.90. The van der Waals surface area contributed by atoms with Gasteiger partial charge in [-0.25, -0.2) is 14.2 Å². The van der Waals surface area contributed by atoms with Crippen LogP contribution in [0.3, 0.4) is 0 Å². The summed E-state index contributed by atoms with van der Waals surface area (Å²) in [6.45, 7) is 2.96. The molecule has 2 fully saturated rings. The molecule has 1 saturated heterocycles. The van der Waals surface area contributed by atoms with Gasteiger partial charge in [0.25, 0.3) is 5.91 Å². The molecule has 7 nitrogen and oxygen atoms in total. The second-order valence-electron chi connectivity index (χ2n) is 8.90. The van der Waals surface area contributed by atoms with E-state index < -0.39 is 11.5 Å². The topological polar surface area (TPSA) is 91.8 Å². The number of carboxylic acid groups (broad SMARTS) is 1. The van der Waals surface area contributed by atoms with Gasteiger partial charge in [-0.2, -0.15) is 0 Å². The van der Waals surface area contributed by atoms with E-state index >= 15 is 0 Å². The molecule has 0 spiro atoms. The Morgan fingerprint density at radius 2 is 1.88 bits per heavy atom. The third-order valence-corrected chi connectivity index (χ3v) is 6.28. The molecule has 1 aliphatic heterocycles. The monoisotopic (exact) mass is 461 g/mol. The van der Waals surface area contributed by atoms with Crippen LogP contribution in [0.25, 0.3) is 0 Å². The van der Waals surface area contributed by atoms with Gasteiger partial charge in [0.15, 0.2) is 0 Å². The zero-order chi connectivity index (χ0) is 23.9. The number of aryl methyl sites for hydroxylation is 1. The summed E-state index contributed by atoms with van der Waals surface area (Å²) in [5.41, 5.74) is 1.97. The van der Waals surface area contributed by atoms with E-state index in [1.165, 1.54) is 12.1 Å². The lowest BCUT2D eigenvalue weighted by Gasteiger charge is -2.40. The number of aromatic nitrogens is 1. The number of hydrogen-bond donors (Lipinski definition) is 2. The number of carbonyl (C=O) groups excluding carboxylic acids is 1. The van der Waals surface area contributed by atoms with Crippen molar-refractivity contribution in [1.82, 2.24) is 10.3 Å². The van der Waals surface area contributed by atoms with Crippen molar-refractivity contribution in [3.8, 4) is 5.75 Å². The fourth-order valence-electron chi connectivity index (χ4n) is 4.23. The summed E-state index contributed by atoms with van der Waals surface area (Å²) < 4.78 is 19.2. The van der Waals surface area contributed by atoms with E-state index in [9.17, 15) is 14.0 Å². The van der Waals surface area contributed by atoms with E-state index in [1.807, 2.05) is 17.9 Å². The first-order valence-corrected chi connectivity index (χ1v) is 11.1. The third-order valence-electron chi connectivity index (χ3n) is 6.28. The van der Waals surface area contributed by atoms with Crippen LogP contribution in [0, 0.1) is 12.7 Å². The van der Waals surface area contributed by atoms with E-state index in [2.05, 4.69) is 10.3 Å². The van der Waals surface area contributed by atoms with Crippen molar-refractivity contribution in [3.05, 3.63) is 88.9 Å². The zero-order valence-electron chi connectivity index (χ0n) is 18.6. The lowest BCUT2D eigenvalue weighted by Crippen LogP contribution is -2.55. The maximum absolute atomic E-state index is 13.4. The number of amides is 1. The van der Waals surface area contributed by atoms with Crippen molar-refractivity contribution < 1.29 is 23.8 Å². The molecule has 34 heavy (non-hydrogen) atoms. The molecular weight excluding hydrogens is 437 g/mol. The van der Waals surface area contributed by atoms with E-state index in [-0.39, 0.29) is 23.4 Å². The number of rotatable bonds is 7. The van der Waals surface area contributed by atoms with Crippen LogP contribution in [-0.4, -0.2) is 41.2 Å². The van der Waals surface area contributed by atoms with Gasteiger partial charge < -0.3 is 20.1 Å². The predicted molar refractivity (Wildman–Crippen MR) is 124 cm³/mol. The maximum Gasteiger partial charge on any atom is 0.335 e. The molecule has 2 aliphatic rings. The first-order valence-electron chi connectivity index (χ1n) is 11.1. The van der Waals surface area contributed by atoms with Gasteiger partial charge in [-0.3, -0.25) is 4.79 Å². The fourth-order valence-corrected chi connectivity index (χ4v) is 4.23. The summed E-state index contributed by atoms with van der Waals surface area (Å²) in [4.78, 5) is 31.0. The molecule has 3 aromatic rings. The number of anilines is 1. The number of benzene rings is 2. The predicted octanol–water partition coefficient (Wildman–Crippen LogP) is 3.91. The van der Waals surface area contributed by atoms with Gasteiger partial charge in [0.1, 0.15) is 23.5 Å². The van der Waals surface area contributed by atoms with Crippen molar-refractivity contribution in [3.63, 3.8) is 0 Å². The van der Waals surface area contributed by atoms with Crippen LogP contribution in [0.1, 0.15) is 44.7 Å². The van der Waals surface area contributed by atoms with E-state index in [0.29, 0.717) is 30.2 Å². The molecule has 1 saturated carbocycles. The molecule has 2 aromatic carbocycles. The molecule has 0 radical (unpaired) electrons. The Balaban J connectivity index is 1.29. The Kier molecular flexibility index (Phi) is 5.43. The molecule has 1 aliphatic carbocycles. The van der Waals surface area contributed by atoms with Gasteiger partial charge in [-0.1, -0.05) is 18.2 Å². The zero-order valence-corrected chi connectivity index (χ0v) is 18.6. The molecule has 0 bridgehead atoms. The molecule has 2 heterocycles. The van der Waals surface area contributed by atoms with E-state index in [4.69, 9.17) is 9.84 Å². The number of carbonyl (C=O) groups is 2. The minimum absolute atomic E-state index is 0.122. The van der Waals surface area contributed by atoms with Gasteiger partial charge >= 0.3 is 5.97 Å². The SMILES string of the molecule is Cc1cnc(N2CC(Oc3cccc(F)c3)C2)c(C(=O)NC2(c3ccc(C(=O)O)cc3)CC2)c1. The Morgan fingerprint density at radius 3 is 2.53 bits per heavy atom. The van der Waals surface area contributed by atoms with Crippen LogP contribution >= 0.6 is 0 Å². The highest BCUT2D eigenvalue weighted by molar-refractivity contribution is 6.00. The molecule has 0 unspecified atom stereocenters. The number of aromatic carboxylic acids is 1. The Labute approximate surface area is 196 Å². The number of hydrogen-bond acceptors (Lipinski definition) is 5. The van der Waals surface area contributed by atoms with Crippen LogP contribution in [0.15, 0.2) is 60.8 Å². The van der Waals surface area contributed by atoms with Crippen molar-refractivity contribution in [1.29, 1.82) is 0 Å². The Bertz CT molecular complexity index is 1250. The second kappa shape index (κ2) is 8.44. The molecular formula is C26H24FN3O4. The normalized spacial score (nSPS) is 16.5. The highest BCUT2D eigenvalue weighted by atomic mass is 19.1. The lowest BCUT2D eigenvalue weighted by atomic mass is 10.0. The van der Waals surface area contributed by atoms with Gasteiger partial charge in [0, 0.05) is 12.3 Å². The number of halogens is 1. The molecule has 0 atom stereocenters. The van der Waals surface area contributed by atoms with Gasteiger partial charge in [0.05, 0.1) is 29.8 Å². The first-order chi connectivity index (χ1) is 16.3. The van der Waals surface area contributed by atoms with E-state index in [0.717, 1.165) is 24.0 Å². The molecule has 8 heteroatoms. The molecule has 1 aromatic heterocycles. The quantitative estimate of drug-likeness (QED) is 0.554. The minimum atomic E-state index is -0.981. The van der Waals surface area contributed by atoms with Crippen LogP contribution in [0.5, 0.6) is 5.75 Å². The van der Waals surface area contributed by atoms with Crippen molar-refractivity contribution >= 4 is 17.7 Å². The van der Waals surface area contributed by atoms with E-state index in [1.54, 1.807) is 42.6 Å². The van der Waals surface area contributed by atoms with Crippen LogP contribution < -0.4 is 15.0 Å². The molecule has 2 N–H and O–H groups in total. The van der Waals surface area contributed by atoms with Crippen molar-refractivity contribution in [2.45, 2.75) is 31.4 Å². The molecule has 174 valence electrons. The third kappa shape index (κ3) is 4.31. The van der Waals surface area contributed by atoms with Gasteiger partial charge in [0.2, 0.25) is 0 Å². The number of pyridine rings is 1. The Hall–Kier alpha value is -3.94. The highest BCUT2D eigenvalue weighted by Crippen LogP contribution is 2.46. The Morgan fingerprint density at radius 1 is 1.15 bits per heavy atom. The smallest absolute Gasteiger partial charge is 0.335 e. The molecule has 5 rings (SSSR count). The summed E-state index contributed by atoms with van der Waals surface area (Å²) >= 11 is 0. The summed E-state index contributed by atoms with van der Waals surface area (Å²) in [5, 5.41) is 12.3. The molecule has 1 amide bonds. The van der Waals surface area contributed by atoms with Crippen LogP contribution in [0.4, 0.5) is 10.2 Å². The summed E-state index contributed by atoms with van der Waals surface area (Å²) in [5.74, 6) is -0.492. The van der Waals surface area contributed by atoms with Crippen LogP contribution in [0.2, 0.25) is 0 Å². The summed E-state index contributed by atoms with van der Waals surface area (Å²) in [6.07, 6.45) is 3.17. The number of nitrogens with zero attached hydrogens (tertiary/aromatic N) is 2. The van der Waals surface area contributed by atoms with Crippen molar-refractivity contribution in [2.24, 2.45) is 0 Å². The van der Waals surface area contributed by atoms with Crippen molar-refractivity contribution in [2.75, 3.05) is 18.0 Å². The fraction of sp³-hybridized carbons (Fsp3) is 0.269. The standard InChI is InChI=1S/C26H24FN3O4/c1-16-11-22(24(31)29-26(9-10-26)18-7-5-17(6-8-18)25(32)33)23(28-13-16)30-14-21(15-30)34-20-4-2-3-19(27)12-20/h2-8,11-13,21H,9-10,14-15H2,1H3,(H,29,31)(H,32,33). The number of carboxylic acids is 1. The average molecular weight is 461 g/mol. The van der Waals surface area contributed by atoms with Crippen LogP contribution in [-0.2, 0) is 5.54 Å². The highest BCUT2D eigenvalue weighted by Gasteiger charge is 2.46.